The molecule has 0 radical (unpaired) electrons. The Morgan fingerprint density at radius 2 is 2.14 bits per heavy atom. The van der Waals surface area contributed by atoms with Crippen molar-refractivity contribution >= 4 is 5.91 Å². The molecule has 0 spiro atoms. The maximum atomic E-state index is 13.5. The molecule has 116 valence electrons. The van der Waals surface area contributed by atoms with E-state index in [-0.39, 0.29) is 24.3 Å². The SMILES string of the molecule is CC(CNC(=O)C1(N)CCOCC1)Oc1ccccc1F. The maximum Gasteiger partial charge on any atom is 0.240 e. The van der Waals surface area contributed by atoms with Gasteiger partial charge in [-0.3, -0.25) is 4.79 Å². The third-order valence-corrected chi connectivity index (χ3v) is 3.55. The first-order chi connectivity index (χ1) is 10.0. The van der Waals surface area contributed by atoms with Crippen LogP contribution in [0.5, 0.6) is 5.75 Å². The van der Waals surface area contributed by atoms with Gasteiger partial charge in [0.2, 0.25) is 5.91 Å². The molecule has 1 atom stereocenters. The van der Waals surface area contributed by atoms with Gasteiger partial charge in [0.15, 0.2) is 11.6 Å². The highest BCUT2D eigenvalue weighted by molar-refractivity contribution is 5.86. The number of hydrogen-bond donors (Lipinski definition) is 2. The molecule has 1 aromatic carbocycles. The summed E-state index contributed by atoms with van der Waals surface area (Å²) in [5, 5.41) is 2.77. The molecule has 1 aromatic rings. The molecule has 1 aliphatic heterocycles. The van der Waals surface area contributed by atoms with Crippen molar-refractivity contribution < 1.29 is 18.7 Å². The van der Waals surface area contributed by atoms with Crippen LogP contribution in [0.25, 0.3) is 0 Å². The summed E-state index contributed by atoms with van der Waals surface area (Å²) >= 11 is 0. The Morgan fingerprint density at radius 1 is 1.48 bits per heavy atom. The molecule has 0 aliphatic carbocycles. The summed E-state index contributed by atoms with van der Waals surface area (Å²) in [5.74, 6) is -0.460. The molecule has 1 saturated heterocycles. The first-order valence-electron chi connectivity index (χ1n) is 7.07. The Hall–Kier alpha value is -1.66. The smallest absolute Gasteiger partial charge is 0.240 e. The average Bonchev–Trinajstić information content (AvgIpc) is 2.48. The second-order valence-corrected chi connectivity index (χ2v) is 5.34. The number of nitrogens with two attached hydrogens (primary N) is 1. The second-order valence-electron chi connectivity index (χ2n) is 5.34. The van der Waals surface area contributed by atoms with Crippen LogP contribution in [0.2, 0.25) is 0 Å². The van der Waals surface area contributed by atoms with E-state index in [1.807, 2.05) is 0 Å². The van der Waals surface area contributed by atoms with Gasteiger partial charge in [0.1, 0.15) is 6.10 Å². The van der Waals surface area contributed by atoms with E-state index in [1.54, 1.807) is 25.1 Å². The van der Waals surface area contributed by atoms with Crippen molar-refractivity contribution in [3.63, 3.8) is 0 Å². The predicted octanol–water partition coefficient (Wildman–Crippen LogP) is 1.22. The lowest BCUT2D eigenvalue weighted by Gasteiger charge is -2.32. The number of ether oxygens (including phenoxy) is 2. The molecule has 1 fully saturated rings. The number of para-hydroxylation sites is 1. The molecule has 6 heteroatoms. The van der Waals surface area contributed by atoms with Gasteiger partial charge in [0.25, 0.3) is 0 Å². The Kier molecular flexibility index (Phi) is 5.14. The predicted molar refractivity (Wildman–Crippen MR) is 76.5 cm³/mol. The molecule has 21 heavy (non-hydrogen) atoms. The van der Waals surface area contributed by atoms with E-state index in [9.17, 15) is 9.18 Å². The molecule has 1 aliphatic rings. The van der Waals surface area contributed by atoms with Crippen molar-refractivity contribution in [2.75, 3.05) is 19.8 Å². The molecular formula is C15H21FN2O3. The highest BCUT2D eigenvalue weighted by Crippen LogP contribution is 2.18. The Balaban J connectivity index is 1.82. The quantitative estimate of drug-likeness (QED) is 0.857. The lowest BCUT2D eigenvalue weighted by Crippen LogP contribution is -2.57. The summed E-state index contributed by atoms with van der Waals surface area (Å²) < 4.78 is 24.1. The number of carbonyl (C=O) groups is 1. The largest absolute Gasteiger partial charge is 0.486 e. The van der Waals surface area contributed by atoms with Gasteiger partial charge in [-0.1, -0.05) is 12.1 Å². The molecule has 1 unspecified atom stereocenters. The highest BCUT2D eigenvalue weighted by Gasteiger charge is 2.35. The van der Waals surface area contributed by atoms with Crippen molar-refractivity contribution in [1.82, 2.24) is 5.32 Å². The fraction of sp³-hybridized carbons (Fsp3) is 0.533. The van der Waals surface area contributed by atoms with Gasteiger partial charge in [-0.25, -0.2) is 4.39 Å². The lowest BCUT2D eigenvalue weighted by molar-refractivity contribution is -0.130. The van der Waals surface area contributed by atoms with Gasteiger partial charge in [0, 0.05) is 13.2 Å². The zero-order valence-electron chi connectivity index (χ0n) is 12.1. The van der Waals surface area contributed by atoms with Crippen molar-refractivity contribution in [2.45, 2.75) is 31.4 Å². The molecule has 3 N–H and O–H groups in total. The minimum Gasteiger partial charge on any atom is -0.486 e. The van der Waals surface area contributed by atoms with E-state index in [4.69, 9.17) is 15.2 Å². The van der Waals surface area contributed by atoms with Crippen LogP contribution in [0.4, 0.5) is 4.39 Å². The Labute approximate surface area is 123 Å². The number of halogens is 1. The molecular weight excluding hydrogens is 275 g/mol. The van der Waals surface area contributed by atoms with Gasteiger partial charge in [-0.2, -0.15) is 0 Å². The van der Waals surface area contributed by atoms with Crippen LogP contribution in [0.1, 0.15) is 19.8 Å². The van der Waals surface area contributed by atoms with E-state index in [2.05, 4.69) is 5.32 Å². The van der Waals surface area contributed by atoms with E-state index in [1.165, 1.54) is 6.07 Å². The number of hydrogen-bond acceptors (Lipinski definition) is 4. The third kappa shape index (κ3) is 4.15. The number of amides is 1. The zero-order valence-corrected chi connectivity index (χ0v) is 12.1. The van der Waals surface area contributed by atoms with Gasteiger partial charge in [-0.05, 0) is 31.9 Å². The standard InChI is InChI=1S/C15H21FN2O3/c1-11(21-13-5-3-2-4-12(13)16)10-18-14(19)15(17)6-8-20-9-7-15/h2-5,11H,6-10,17H2,1H3,(H,18,19). The van der Waals surface area contributed by atoms with Gasteiger partial charge in [-0.15, -0.1) is 0 Å². The Morgan fingerprint density at radius 3 is 2.81 bits per heavy atom. The van der Waals surface area contributed by atoms with Crippen LogP contribution in [0, 0.1) is 5.82 Å². The molecule has 0 aromatic heterocycles. The first kappa shape index (κ1) is 15.7. The minimum atomic E-state index is -0.879. The summed E-state index contributed by atoms with van der Waals surface area (Å²) in [4.78, 5) is 12.1. The van der Waals surface area contributed by atoms with E-state index in [0.717, 1.165) is 0 Å². The topological polar surface area (TPSA) is 73.6 Å². The highest BCUT2D eigenvalue weighted by atomic mass is 19.1. The van der Waals surface area contributed by atoms with E-state index < -0.39 is 11.4 Å². The zero-order chi connectivity index (χ0) is 15.3. The fourth-order valence-corrected chi connectivity index (χ4v) is 2.17. The normalized spacial score (nSPS) is 18.8. The summed E-state index contributed by atoms with van der Waals surface area (Å²) in [5.41, 5.74) is 5.19. The van der Waals surface area contributed by atoms with E-state index in [0.29, 0.717) is 26.1 Å². The van der Waals surface area contributed by atoms with Gasteiger partial charge < -0.3 is 20.5 Å². The monoisotopic (exact) mass is 296 g/mol. The Bertz CT molecular complexity index is 490. The molecule has 1 heterocycles. The van der Waals surface area contributed by atoms with Crippen LogP contribution in [-0.2, 0) is 9.53 Å². The molecule has 2 rings (SSSR count). The van der Waals surface area contributed by atoms with Crippen LogP contribution >= 0.6 is 0 Å². The number of rotatable bonds is 5. The van der Waals surface area contributed by atoms with Crippen LogP contribution < -0.4 is 15.8 Å². The lowest BCUT2D eigenvalue weighted by atomic mass is 9.90. The van der Waals surface area contributed by atoms with Gasteiger partial charge >= 0.3 is 0 Å². The third-order valence-electron chi connectivity index (χ3n) is 3.55. The van der Waals surface area contributed by atoms with Crippen LogP contribution in [-0.4, -0.2) is 37.3 Å². The number of benzene rings is 1. The van der Waals surface area contributed by atoms with Crippen LogP contribution in [0.15, 0.2) is 24.3 Å². The molecule has 5 nitrogen and oxygen atoms in total. The maximum absolute atomic E-state index is 13.5. The van der Waals surface area contributed by atoms with Crippen molar-refractivity contribution in [3.8, 4) is 5.75 Å². The van der Waals surface area contributed by atoms with Crippen molar-refractivity contribution in [3.05, 3.63) is 30.1 Å². The van der Waals surface area contributed by atoms with Crippen molar-refractivity contribution in [2.24, 2.45) is 5.73 Å². The van der Waals surface area contributed by atoms with Crippen LogP contribution in [0.3, 0.4) is 0 Å². The van der Waals surface area contributed by atoms with Crippen molar-refractivity contribution in [1.29, 1.82) is 0 Å². The second kappa shape index (κ2) is 6.87. The average molecular weight is 296 g/mol. The number of carbonyl (C=O) groups excluding carboxylic acids is 1. The summed E-state index contributed by atoms with van der Waals surface area (Å²) in [6, 6.07) is 6.17. The fourth-order valence-electron chi connectivity index (χ4n) is 2.17. The molecule has 1 amide bonds. The molecule has 0 saturated carbocycles. The van der Waals surface area contributed by atoms with E-state index >= 15 is 0 Å². The minimum absolute atomic E-state index is 0.174. The number of nitrogens with one attached hydrogen (secondary N) is 1. The molecule has 0 bridgehead atoms. The summed E-state index contributed by atoms with van der Waals surface area (Å²) in [6.45, 7) is 3.02. The van der Waals surface area contributed by atoms with Gasteiger partial charge in [0.05, 0.1) is 12.1 Å². The first-order valence-corrected chi connectivity index (χ1v) is 7.07. The summed E-state index contributed by atoms with van der Waals surface area (Å²) in [7, 11) is 0. The summed E-state index contributed by atoms with van der Waals surface area (Å²) in [6.07, 6.45) is 0.650.